The molecule has 2 rings (SSSR count). The zero-order chi connectivity index (χ0) is 15.6. The van der Waals surface area contributed by atoms with Crippen LogP contribution in [0.3, 0.4) is 0 Å². The molecule has 112 valence electrons. The van der Waals surface area contributed by atoms with Crippen LogP contribution in [0.5, 0.6) is 0 Å². The average Bonchev–Trinajstić information content (AvgIpc) is 2.74. The van der Waals surface area contributed by atoms with Crippen molar-refractivity contribution in [1.82, 2.24) is 5.01 Å². The normalized spacial score (nSPS) is 21.1. The number of aliphatic hydroxyl groups is 1. The molecule has 0 bridgehead atoms. The Kier molecular flexibility index (Phi) is 4.43. The largest absolute Gasteiger partial charge is 0.461 e. The Morgan fingerprint density at radius 2 is 2.24 bits per heavy atom. The molecule has 0 spiro atoms. The van der Waals surface area contributed by atoms with Gasteiger partial charge in [-0.25, -0.2) is 4.79 Å². The second kappa shape index (κ2) is 5.95. The van der Waals surface area contributed by atoms with Crippen molar-refractivity contribution in [3.8, 4) is 0 Å². The van der Waals surface area contributed by atoms with Crippen molar-refractivity contribution in [3.05, 3.63) is 34.3 Å². The van der Waals surface area contributed by atoms with Crippen LogP contribution < -0.4 is 0 Å². The van der Waals surface area contributed by atoms with E-state index in [1.54, 1.807) is 31.2 Å². The highest BCUT2D eigenvalue weighted by molar-refractivity contribution is 9.10. The highest BCUT2D eigenvalue weighted by Gasteiger charge is 2.43. The van der Waals surface area contributed by atoms with Crippen LogP contribution in [-0.2, 0) is 9.53 Å². The molecule has 1 aliphatic heterocycles. The van der Waals surface area contributed by atoms with Gasteiger partial charge < -0.3 is 9.84 Å². The lowest BCUT2D eigenvalue weighted by Crippen LogP contribution is -2.43. The molecule has 1 aliphatic rings. The summed E-state index contributed by atoms with van der Waals surface area (Å²) in [5, 5.41) is 15.2. The quantitative estimate of drug-likeness (QED) is 0.841. The summed E-state index contributed by atoms with van der Waals surface area (Å²) in [4.78, 5) is 24.1. The van der Waals surface area contributed by atoms with Gasteiger partial charge in [0.15, 0.2) is 11.4 Å². The van der Waals surface area contributed by atoms with E-state index in [2.05, 4.69) is 21.0 Å². The van der Waals surface area contributed by atoms with E-state index in [9.17, 15) is 14.7 Å². The van der Waals surface area contributed by atoms with Crippen LogP contribution in [-0.4, -0.2) is 40.0 Å². The van der Waals surface area contributed by atoms with Crippen LogP contribution in [0.25, 0.3) is 0 Å². The molecule has 1 amide bonds. The minimum absolute atomic E-state index is 0.0326. The topological polar surface area (TPSA) is 79.2 Å². The first-order valence-electron chi connectivity index (χ1n) is 6.42. The fourth-order valence-electron chi connectivity index (χ4n) is 1.99. The van der Waals surface area contributed by atoms with Crippen LogP contribution in [0.15, 0.2) is 33.8 Å². The minimum Gasteiger partial charge on any atom is -0.461 e. The van der Waals surface area contributed by atoms with Gasteiger partial charge in [0.05, 0.1) is 6.61 Å². The van der Waals surface area contributed by atoms with E-state index in [-0.39, 0.29) is 18.7 Å². The van der Waals surface area contributed by atoms with Crippen molar-refractivity contribution in [1.29, 1.82) is 0 Å². The van der Waals surface area contributed by atoms with Crippen molar-refractivity contribution in [3.63, 3.8) is 0 Å². The summed E-state index contributed by atoms with van der Waals surface area (Å²) >= 11 is 3.28. The Morgan fingerprint density at radius 1 is 1.52 bits per heavy atom. The number of hydrogen-bond acceptors (Lipinski definition) is 5. The number of carbonyl (C=O) groups is 2. The minimum atomic E-state index is -1.55. The Hall–Kier alpha value is -1.73. The highest BCUT2D eigenvalue weighted by atomic mass is 79.9. The molecule has 7 heteroatoms. The van der Waals surface area contributed by atoms with Gasteiger partial charge in [0.25, 0.3) is 5.91 Å². The monoisotopic (exact) mass is 354 g/mol. The number of rotatable bonds is 3. The van der Waals surface area contributed by atoms with Gasteiger partial charge in [-0.05, 0) is 32.0 Å². The maximum absolute atomic E-state index is 12.4. The Balaban J connectivity index is 2.29. The molecule has 0 aliphatic carbocycles. The van der Waals surface area contributed by atoms with Crippen LogP contribution in [0.1, 0.15) is 30.6 Å². The number of halogens is 1. The number of hydrogen-bond donors (Lipinski definition) is 1. The zero-order valence-corrected chi connectivity index (χ0v) is 13.3. The van der Waals surface area contributed by atoms with Gasteiger partial charge in [-0.1, -0.05) is 22.0 Å². The van der Waals surface area contributed by atoms with Crippen molar-refractivity contribution in [2.75, 3.05) is 6.61 Å². The van der Waals surface area contributed by atoms with E-state index in [0.717, 1.165) is 9.48 Å². The molecule has 0 saturated carbocycles. The molecule has 1 heterocycles. The third kappa shape index (κ3) is 3.30. The molecular formula is C14H15BrN2O4. The standard InChI is InChI=1S/C14H15BrN2O4/c1-3-21-13(19)11-8-14(2,20)17(16-11)12(18)9-5-4-6-10(15)7-9/h4-7,20H,3,8H2,1-2H3. The number of carbonyl (C=O) groups excluding carboxylic acids is 2. The lowest BCUT2D eigenvalue weighted by molar-refractivity contribution is -0.135. The van der Waals surface area contributed by atoms with Gasteiger partial charge in [-0.15, -0.1) is 0 Å². The summed E-state index contributed by atoms with van der Waals surface area (Å²) in [6, 6.07) is 6.72. The fraction of sp³-hybridized carbons (Fsp3) is 0.357. The van der Waals surface area contributed by atoms with Crippen LogP contribution >= 0.6 is 15.9 Å². The van der Waals surface area contributed by atoms with E-state index < -0.39 is 17.6 Å². The molecule has 0 saturated heterocycles. The van der Waals surface area contributed by atoms with E-state index in [0.29, 0.717) is 5.56 Å². The first-order valence-corrected chi connectivity index (χ1v) is 7.21. The summed E-state index contributed by atoms with van der Waals surface area (Å²) in [7, 11) is 0. The average molecular weight is 355 g/mol. The van der Waals surface area contributed by atoms with E-state index in [4.69, 9.17) is 4.74 Å². The van der Waals surface area contributed by atoms with Gasteiger partial charge in [0.2, 0.25) is 0 Å². The van der Waals surface area contributed by atoms with Gasteiger partial charge in [-0.3, -0.25) is 4.79 Å². The van der Waals surface area contributed by atoms with Crippen molar-refractivity contribution in [2.45, 2.75) is 26.0 Å². The van der Waals surface area contributed by atoms with Gasteiger partial charge in [0, 0.05) is 16.5 Å². The smallest absolute Gasteiger partial charge is 0.354 e. The molecular weight excluding hydrogens is 340 g/mol. The van der Waals surface area contributed by atoms with Crippen molar-refractivity contribution >= 4 is 33.5 Å². The van der Waals surface area contributed by atoms with E-state index in [1.807, 2.05) is 0 Å². The predicted octanol–water partition coefficient (Wildman–Crippen LogP) is 1.92. The van der Waals surface area contributed by atoms with Crippen molar-refractivity contribution in [2.24, 2.45) is 5.10 Å². The summed E-state index contributed by atoms with van der Waals surface area (Å²) in [5.74, 6) is -1.11. The number of esters is 1. The van der Waals surface area contributed by atoms with Gasteiger partial charge >= 0.3 is 5.97 Å². The van der Waals surface area contributed by atoms with E-state index in [1.165, 1.54) is 6.92 Å². The third-order valence-electron chi connectivity index (χ3n) is 2.95. The highest BCUT2D eigenvalue weighted by Crippen LogP contribution is 2.27. The number of amides is 1. The predicted molar refractivity (Wildman–Crippen MR) is 79.6 cm³/mol. The Morgan fingerprint density at radius 3 is 2.86 bits per heavy atom. The third-order valence-corrected chi connectivity index (χ3v) is 3.45. The number of ether oxygens (including phenoxy) is 1. The lowest BCUT2D eigenvalue weighted by atomic mass is 10.1. The zero-order valence-electron chi connectivity index (χ0n) is 11.7. The molecule has 1 aromatic rings. The van der Waals surface area contributed by atoms with Crippen LogP contribution in [0.2, 0.25) is 0 Å². The molecule has 1 unspecified atom stereocenters. The van der Waals surface area contributed by atoms with Crippen LogP contribution in [0.4, 0.5) is 0 Å². The molecule has 1 N–H and O–H groups in total. The molecule has 6 nitrogen and oxygen atoms in total. The molecule has 21 heavy (non-hydrogen) atoms. The molecule has 1 aromatic carbocycles. The summed E-state index contributed by atoms with van der Waals surface area (Å²) < 4.78 is 5.58. The maximum Gasteiger partial charge on any atom is 0.354 e. The first-order chi connectivity index (χ1) is 9.85. The lowest BCUT2D eigenvalue weighted by Gasteiger charge is -2.26. The number of hydrazone groups is 1. The molecule has 1 atom stereocenters. The first kappa shape index (κ1) is 15.7. The molecule has 0 radical (unpaired) electrons. The van der Waals surface area contributed by atoms with Crippen molar-refractivity contribution < 1.29 is 19.4 Å². The Bertz CT molecular complexity index is 613. The SMILES string of the molecule is CCOC(=O)C1=NN(C(=O)c2cccc(Br)c2)C(C)(O)C1. The second-order valence-corrected chi connectivity index (χ2v) is 5.70. The van der Waals surface area contributed by atoms with E-state index >= 15 is 0 Å². The summed E-state index contributed by atoms with van der Waals surface area (Å²) in [6.45, 7) is 3.31. The number of nitrogens with zero attached hydrogens (tertiary/aromatic N) is 2. The fourth-order valence-corrected chi connectivity index (χ4v) is 2.39. The van der Waals surface area contributed by atoms with Gasteiger partial charge in [0.1, 0.15) is 0 Å². The summed E-state index contributed by atoms with van der Waals surface area (Å²) in [6.07, 6.45) is -0.0639. The number of benzene rings is 1. The van der Waals surface area contributed by atoms with Crippen LogP contribution in [0, 0.1) is 0 Å². The second-order valence-electron chi connectivity index (χ2n) is 4.79. The van der Waals surface area contributed by atoms with Gasteiger partial charge in [-0.2, -0.15) is 10.1 Å². The molecule has 0 fully saturated rings. The maximum atomic E-state index is 12.4. The Labute approximate surface area is 130 Å². The molecule has 0 aromatic heterocycles. The summed E-state index contributed by atoms with van der Waals surface area (Å²) in [5.41, 5.74) is -1.16.